The third kappa shape index (κ3) is 3.78. The molecule has 222 valence electrons. The first-order chi connectivity index (χ1) is 29.7. The van der Waals surface area contributed by atoms with Crippen molar-refractivity contribution in [2.75, 3.05) is 0 Å². The molecule has 10 rings (SSSR count). The minimum absolute atomic E-state index is 0.0588. The predicted octanol–water partition coefficient (Wildman–Crippen LogP) is 11.0. The van der Waals surface area contributed by atoms with Gasteiger partial charge in [0.05, 0.1) is 24.7 Å². The van der Waals surface area contributed by atoms with Crippen molar-refractivity contribution in [2.45, 2.75) is 19.1 Å². The van der Waals surface area contributed by atoms with Crippen molar-refractivity contribution in [1.29, 1.82) is 0 Å². The molecule has 0 N–H and O–H groups in total. The molecule has 1 aliphatic rings. The molecule has 0 bridgehead atoms. The van der Waals surface area contributed by atoms with E-state index in [1.54, 1.807) is 36.4 Å². The van der Waals surface area contributed by atoms with Crippen molar-refractivity contribution in [3.63, 3.8) is 0 Å². The molecule has 6 aromatic carbocycles. The van der Waals surface area contributed by atoms with E-state index < -0.39 is 113 Å². The maximum absolute atomic E-state index is 9.51. The van der Waals surface area contributed by atoms with Crippen LogP contribution in [0.4, 0.5) is 0 Å². The largest absolute Gasteiger partial charge is 0.277 e. The molecule has 3 aromatic heterocycles. The summed E-state index contributed by atoms with van der Waals surface area (Å²) in [6.07, 6.45) is 0. The van der Waals surface area contributed by atoms with Crippen molar-refractivity contribution in [1.82, 2.24) is 19.5 Å². The maximum Gasteiger partial charge on any atom is 0.238 e. The first-order valence-electron chi connectivity index (χ1n) is 22.6. The first kappa shape index (κ1) is 15.3. The summed E-state index contributed by atoms with van der Waals surface area (Å²) in [4.78, 5) is 14.6. The molecule has 47 heavy (non-hydrogen) atoms. The summed E-state index contributed by atoms with van der Waals surface area (Å²) in [7, 11) is 0. The van der Waals surface area contributed by atoms with Crippen LogP contribution in [0.25, 0.3) is 81.8 Å². The van der Waals surface area contributed by atoms with E-state index in [1.165, 1.54) is 11.3 Å². The highest BCUT2D eigenvalue weighted by atomic mass is 32.1. The number of para-hydroxylation sites is 1. The van der Waals surface area contributed by atoms with Crippen LogP contribution in [0, 0.1) is 0 Å². The van der Waals surface area contributed by atoms with Crippen LogP contribution in [0.2, 0.25) is 0 Å². The van der Waals surface area contributed by atoms with Gasteiger partial charge in [-0.2, -0.15) is 9.97 Å². The van der Waals surface area contributed by atoms with Crippen molar-refractivity contribution in [3.8, 4) is 39.9 Å². The summed E-state index contributed by atoms with van der Waals surface area (Å²) >= 11 is 1.54. The molecule has 0 amide bonds. The molecule has 0 radical (unpaired) electrons. The summed E-state index contributed by atoms with van der Waals surface area (Å²) in [5.41, 5.74) is -5.97. The van der Waals surface area contributed by atoms with Crippen LogP contribution in [0.3, 0.4) is 0 Å². The van der Waals surface area contributed by atoms with Gasteiger partial charge in [0.25, 0.3) is 0 Å². The topological polar surface area (TPSA) is 43.6 Å². The lowest BCUT2D eigenvalue weighted by Crippen LogP contribution is -2.17. The quantitative estimate of drug-likeness (QED) is 0.194. The van der Waals surface area contributed by atoms with Gasteiger partial charge < -0.3 is 0 Å². The van der Waals surface area contributed by atoms with E-state index >= 15 is 0 Å². The second-order valence-corrected chi connectivity index (χ2v) is 12.3. The monoisotopic (exact) mass is 636 g/mol. The van der Waals surface area contributed by atoms with Crippen LogP contribution >= 0.6 is 11.3 Å². The first-order valence-corrected chi connectivity index (χ1v) is 15.5. The molecule has 0 spiro atoms. The number of fused-ring (bicyclic) bond motifs is 10. The number of nitrogens with zero attached hydrogens (tertiary/aromatic N) is 4. The van der Waals surface area contributed by atoms with Crippen molar-refractivity contribution in [2.24, 2.45) is 0 Å². The number of hydrogen-bond donors (Lipinski definition) is 0. The normalized spacial score (nSPS) is 18.9. The van der Waals surface area contributed by atoms with Crippen LogP contribution in [0.15, 0.2) is 133 Å². The Balaban J connectivity index is 1.46. The van der Waals surface area contributed by atoms with Gasteiger partial charge in [-0.15, -0.1) is 11.3 Å². The van der Waals surface area contributed by atoms with Gasteiger partial charge in [0.15, 0.2) is 11.6 Å². The zero-order chi connectivity index (χ0) is 45.0. The molecule has 5 heteroatoms. The number of rotatable bonds is 3. The van der Waals surface area contributed by atoms with Crippen molar-refractivity contribution < 1.29 is 21.9 Å². The van der Waals surface area contributed by atoms with Crippen LogP contribution < -0.4 is 0 Å². The highest BCUT2D eigenvalue weighted by Gasteiger charge is 2.38. The smallest absolute Gasteiger partial charge is 0.238 e. The summed E-state index contributed by atoms with van der Waals surface area (Å²) in [6.45, 7) is -7.34. The molecule has 0 saturated carbocycles. The van der Waals surface area contributed by atoms with Gasteiger partial charge in [0, 0.05) is 55.7 Å². The second kappa shape index (κ2) is 9.68. The van der Waals surface area contributed by atoms with Gasteiger partial charge in [-0.05, 0) is 40.4 Å². The van der Waals surface area contributed by atoms with E-state index in [0.29, 0.717) is 11.1 Å². The SMILES string of the molecule is [2H]c1c([2H])c([2H])c2c(c1[2H])-c1c([2H])c([2H])c3c4c([2H])c([2H])c([2H])c([2H])c4n(-c4nc(-c5ccccc5)nc(-c5ccc6c(c5)sc5ccccc56)n4)c3c1C2(C([2H])([2H])[2H])C([2H])([2H])[2H]. The minimum atomic E-state index is -3.67. The fourth-order valence-electron chi connectivity index (χ4n) is 6.49. The number of thiophene rings is 1. The lowest BCUT2D eigenvalue weighted by molar-refractivity contribution is 0.663. The molecule has 0 saturated heterocycles. The Morgan fingerprint density at radius 3 is 2.30 bits per heavy atom. The molecular weight excluding hydrogens is 593 g/mol. The number of aromatic nitrogens is 4. The molecule has 9 aromatic rings. The van der Waals surface area contributed by atoms with Crippen LogP contribution in [0.5, 0.6) is 0 Å². The molecule has 3 heterocycles. The van der Waals surface area contributed by atoms with Gasteiger partial charge in [-0.1, -0.05) is 129 Å². The van der Waals surface area contributed by atoms with Crippen molar-refractivity contribution in [3.05, 3.63) is 144 Å². The average molecular weight is 637 g/mol. The summed E-state index contributed by atoms with van der Waals surface area (Å²) in [5.74, 6) is -0.252. The Kier molecular flexibility index (Phi) is 3.15. The average Bonchev–Trinajstić information content (AvgIpc) is 3.92. The van der Waals surface area contributed by atoms with Crippen LogP contribution in [-0.4, -0.2) is 19.5 Å². The Morgan fingerprint density at radius 1 is 0.638 bits per heavy atom. The Morgan fingerprint density at radius 2 is 1.40 bits per heavy atom. The molecule has 0 fully saturated rings. The lowest BCUT2D eigenvalue weighted by atomic mass is 9.81. The van der Waals surface area contributed by atoms with E-state index in [2.05, 4.69) is 0 Å². The highest BCUT2D eigenvalue weighted by molar-refractivity contribution is 7.25. The second-order valence-electron chi connectivity index (χ2n) is 11.2. The third-order valence-electron chi connectivity index (χ3n) is 8.58. The zero-order valence-electron chi connectivity index (χ0n) is 40.1. The molecular formula is C42H28N4S. The van der Waals surface area contributed by atoms with Crippen LogP contribution in [-0.2, 0) is 5.41 Å². The molecule has 0 unspecified atom stereocenters. The number of benzene rings is 6. The van der Waals surface area contributed by atoms with Crippen molar-refractivity contribution >= 4 is 53.3 Å². The van der Waals surface area contributed by atoms with E-state index in [-0.39, 0.29) is 28.5 Å². The summed E-state index contributed by atoms with van der Waals surface area (Å²) in [5, 5.41) is 1.21. The molecule has 4 nitrogen and oxygen atoms in total. The van der Waals surface area contributed by atoms with Crippen LogP contribution in [0.1, 0.15) is 46.8 Å². The summed E-state index contributed by atoms with van der Waals surface area (Å²) < 4.78 is 148. The molecule has 0 atom stereocenters. The van der Waals surface area contributed by atoms with Gasteiger partial charge in [-0.3, -0.25) is 4.57 Å². The predicted molar refractivity (Wildman–Crippen MR) is 195 cm³/mol. The fraction of sp³-hybridized carbons (Fsp3) is 0.0714. The lowest BCUT2D eigenvalue weighted by Gasteiger charge is -2.23. The van der Waals surface area contributed by atoms with E-state index in [1.807, 2.05) is 36.4 Å². The van der Waals surface area contributed by atoms with Gasteiger partial charge in [0.1, 0.15) is 0 Å². The van der Waals surface area contributed by atoms with E-state index in [9.17, 15) is 5.48 Å². The third-order valence-corrected chi connectivity index (χ3v) is 9.71. The molecule has 0 aliphatic heterocycles. The summed E-state index contributed by atoms with van der Waals surface area (Å²) in [6, 6.07) is 14.2. The fourth-order valence-corrected chi connectivity index (χ4v) is 7.64. The van der Waals surface area contributed by atoms with E-state index in [0.717, 1.165) is 24.7 Å². The van der Waals surface area contributed by atoms with E-state index in [4.69, 9.17) is 31.4 Å². The Hall–Kier alpha value is -5.65. The Labute approximate surface area is 298 Å². The molecule has 1 aliphatic carbocycles. The van der Waals surface area contributed by atoms with Gasteiger partial charge >= 0.3 is 0 Å². The number of hydrogen-bond acceptors (Lipinski definition) is 4. The standard InChI is InChI=1S/C42H28N4S/c1-42(2)33-17-9-6-14-27(33)31-22-23-32-28-15-7-10-18-34(28)46(38(32)37(31)42)41-44-39(25-12-4-3-5-13-25)43-40(45-41)26-20-21-30-29-16-8-11-19-35(29)47-36(30)24-26/h3-24H,1-2H3/i1D3,2D3,6D,7D,9D,10D,14D,15D,17D,18D,22D,23D. The van der Waals surface area contributed by atoms with Gasteiger partial charge in [-0.25, -0.2) is 4.98 Å². The highest BCUT2D eigenvalue weighted by Crippen LogP contribution is 2.52. The zero-order valence-corrected chi connectivity index (χ0v) is 24.9. The minimum Gasteiger partial charge on any atom is -0.277 e. The maximum atomic E-state index is 9.51. The Bertz CT molecular complexity index is 3490. The van der Waals surface area contributed by atoms with Gasteiger partial charge in [0.2, 0.25) is 5.95 Å².